The minimum absolute atomic E-state index is 0.401. The van der Waals surface area contributed by atoms with Gasteiger partial charge in [-0.3, -0.25) is 0 Å². The molecule has 1 aromatic carbocycles. The molecule has 1 saturated carbocycles. The predicted octanol–water partition coefficient (Wildman–Crippen LogP) is 3.34. The second-order valence-electron chi connectivity index (χ2n) is 4.36. The van der Waals surface area contributed by atoms with Gasteiger partial charge in [0, 0.05) is 12.2 Å². The van der Waals surface area contributed by atoms with E-state index in [0.717, 1.165) is 18.2 Å². The van der Waals surface area contributed by atoms with E-state index < -0.39 is 5.97 Å². The maximum atomic E-state index is 11.5. The van der Waals surface area contributed by atoms with Crippen molar-refractivity contribution in [2.24, 2.45) is 5.92 Å². The Bertz CT molecular complexity index is 416. The number of anilines is 1. The number of nitrogens with one attached hydrogen (secondary N) is 1. The molecule has 0 unspecified atom stereocenters. The third-order valence-corrected chi connectivity index (χ3v) is 3.52. The number of rotatable bonds is 4. The highest BCUT2D eigenvalue weighted by Gasteiger charge is 2.17. The highest BCUT2D eigenvalue weighted by atomic mass is 35.5. The average molecular weight is 254 g/mol. The van der Waals surface area contributed by atoms with Crippen LogP contribution in [0, 0.1) is 5.92 Å². The van der Waals surface area contributed by atoms with Crippen molar-refractivity contribution < 1.29 is 9.53 Å². The molecule has 4 heteroatoms. The lowest BCUT2D eigenvalue weighted by Gasteiger charge is -2.25. The fourth-order valence-corrected chi connectivity index (χ4v) is 2.06. The lowest BCUT2D eigenvalue weighted by atomic mass is 9.85. The van der Waals surface area contributed by atoms with E-state index in [4.69, 9.17) is 11.6 Å². The first-order valence-corrected chi connectivity index (χ1v) is 6.20. The number of halogens is 1. The zero-order valence-corrected chi connectivity index (χ0v) is 10.6. The molecule has 0 radical (unpaired) electrons. The van der Waals surface area contributed by atoms with Crippen LogP contribution in [-0.2, 0) is 4.74 Å². The first kappa shape index (κ1) is 12.2. The molecule has 0 amide bonds. The number of esters is 1. The van der Waals surface area contributed by atoms with E-state index in [2.05, 4.69) is 10.1 Å². The van der Waals surface area contributed by atoms with Crippen LogP contribution in [0.4, 0.5) is 5.69 Å². The van der Waals surface area contributed by atoms with Crippen LogP contribution in [0.25, 0.3) is 0 Å². The number of benzene rings is 1. The van der Waals surface area contributed by atoms with Crippen molar-refractivity contribution >= 4 is 23.3 Å². The van der Waals surface area contributed by atoms with Crippen molar-refractivity contribution in [3.63, 3.8) is 0 Å². The zero-order chi connectivity index (χ0) is 12.3. The summed E-state index contributed by atoms with van der Waals surface area (Å²) in [6.45, 7) is 0.961. The first-order valence-electron chi connectivity index (χ1n) is 5.82. The predicted molar refractivity (Wildman–Crippen MR) is 68.6 cm³/mol. The number of carbonyl (C=O) groups is 1. The topological polar surface area (TPSA) is 38.3 Å². The van der Waals surface area contributed by atoms with Gasteiger partial charge in [0.2, 0.25) is 0 Å². The van der Waals surface area contributed by atoms with E-state index in [9.17, 15) is 4.79 Å². The Morgan fingerprint density at radius 3 is 2.88 bits per heavy atom. The summed E-state index contributed by atoms with van der Waals surface area (Å²) in [6.07, 6.45) is 3.93. The highest BCUT2D eigenvalue weighted by Crippen LogP contribution is 2.27. The van der Waals surface area contributed by atoms with Crippen LogP contribution in [0.5, 0.6) is 0 Å². The summed E-state index contributed by atoms with van der Waals surface area (Å²) in [5.41, 5.74) is 1.33. The van der Waals surface area contributed by atoms with E-state index >= 15 is 0 Å². The summed E-state index contributed by atoms with van der Waals surface area (Å²) in [6, 6.07) is 5.34. The Morgan fingerprint density at radius 2 is 2.29 bits per heavy atom. The van der Waals surface area contributed by atoms with Gasteiger partial charge in [-0.2, -0.15) is 0 Å². The van der Waals surface area contributed by atoms with Crippen molar-refractivity contribution in [1.82, 2.24) is 0 Å². The standard InChI is InChI=1S/C13H16ClNO2/c1-17-13(16)11-7-10(5-6-12(11)14)15-8-9-3-2-4-9/h5-7,9,15H,2-4,8H2,1H3. The Balaban J connectivity index is 2.04. The van der Waals surface area contributed by atoms with Crippen molar-refractivity contribution in [2.45, 2.75) is 19.3 Å². The van der Waals surface area contributed by atoms with E-state index in [1.54, 1.807) is 12.1 Å². The van der Waals surface area contributed by atoms with Crippen molar-refractivity contribution in [3.05, 3.63) is 28.8 Å². The zero-order valence-electron chi connectivity index (χ0n) is 9.83. The van der Waals surface area contributed by atoms with Gasteiger partial charge in [-0.05, 0) is 37.0 Å². The van der Waals surface area contributed by atoms with Gasteiger partial charge >= 0.3 is 5.97 Å². The second-order valence-corrected chi connectivity index (χ2v) is 4.77. The maximum Gasteiger partial charge on any atom is 0.339 e. The molecule has 1 aliphatic carbocycles. The monoisotopic (exact) mass is 253 g/mol. The van der Waals surface area contributed by atoms with Gasteiger partial charge in [-0.25, -0.2) is 4.79 Å². The van der Waals surface area contributed by atoms with Crippen molar-refractivity contribution in [3.8, 4) is 0 Å². The average Bonchev–Trinajstić information content (AvgIpc) is 2.28. The molecule has 0 aliphatic heterocycles. The van der Waals surface area contributed by atoms with Crippen LogP contribution in [-0.4, -0.2) is 19.6 Å². The second kappa shape index (κ2) is 5.41. The SMILES string of the molecule is COC(=O)c1cc(NCC2CCC2)ccc1Cl. The van der Waals surface area contributed by atoms with Crippen molar-refractivity contribution in [2.75, 3.05) is 19.0 Å². The summed E-state index contributed by atoms with van der Waals surface area (Å²) in [5.74, 6) is 0.370. The van der Waals surface area contributed by atoms with E-state index in [0.29, 0.717) is 10.6 Å². The Morgan fingerprint density at radius 1 is 1.53 bits per heavy atom. The normalized spacial score (nSPS) is 15.2. The molecule has 1 aromatic rings. The van der Waals surface area contributed by atoms with E-state index in [1.165, 1.54) is 26.4 Å². The quantitative estimate of drug-likeness (QED) is 0.837. The molecule has 1 aliphatic rings. The molecule has 0 saturated heterocycles. The third-order valence-electron chi connectivity index (χ3n) is 3.19. The molecular formula is C13H16ClNO2. The molecule has 3 nitrogen and oxygen atoms in total. The molecule has 0 aromatic heterocycles. The fourth-order valence-electron chi connectivity index (χ4n) is 1.86. The molecule has 17 heavy (non-hydrogen) atoms. The number of hydrogen-bond donors (Lipinski definition) is 1. The van der Waals surface area contributed by atoms with Crippen LogP contribution in [0.2, 0.25) is 5.02 Å². The minimum atomic E-state index is -0.401. The van der Waals surface area contributed by atoms with Crippen LogP contribution >= 0.6 is 11.6 Å². The Hall–Kier alpha value is -1.22. The van der Waals surface area contributed by atoms with Gasteiger partial charge in [-0.1, -0.05) is 18.0 Å². The summed E-state index contributed by atoms with van der Waals surface area (Å²) < 4.78 is 4.68. The van der Waals surface area contributed by atoms with Gasteiger partial charge in [0.1, 0.15) is 0 Å². The van der Waals surface area contributed by atoms with E-state index in [-0.39, 0.29) is 0 Å². The number of ether oxygens (including phenoxy) is 1. The molecule has 2 rings (SSSR count). The third kappa shape index (κ3) is 2.91. The number of carbonyl (C=O) groups excluding carboxylic acids is 1. The van der Waals surface area contributed by atoms with Gasteiger partial charge < -0.3 is 10.1 Å². The van der Waals surface area contributed by atoms with Crippen LogP contribution < -0.4 is 5.32 Å². The summed E-state index contributed by atoms with van der Waals surface area (Å²) in [4.78, 5) is 11.5. The molecular weight excluding hydrogens is 238 g/mol. The number of hydrogen-bond acceptors (Lipinski definition) is 3. The fraction of sp³-hybridized carbons (Fsp3) is 0.462. The van der Waals surface area contributed by atoms with Crippen molar-refractivity contribution in [1.29, 1.82) is 0 Å². The lowest BCUT2D eigenvalue weighted by molar-refractivity contribution is 0.0601. The van der Waals surface area contributed by atoms with Gasteiger partial charge in [0.15, 0.2) is 0 Å². The highest BCUT2D eigenvalue weighted by molar-refractivity contribution is 6.33. The van der Waals surface area contributed by atoms with E-state index in [1.807, 2.05) is 6.07 Å². The molecule has 0 atom stereocenters. The Kier molecular flexibility index (Phi) is 3.89. The van der Waals surface area contributed by atoms with Gasteiger partial charge in [0.05, 0.1) is 17.7 Å². The largest absolute Gasteiger partial charge is 0.465 e. The molecule has 0 heterocycles. The van der Waals surface area contributed by atoms with Crippen LogP contribution in [0.1, 0.15) is 29.6 Å². The summed E-state index contributed by atoms with van der Waals surface area (Å²) >= 11 is 5.94. The first-order chi connectivity index (χ1) is 8.20. The van der Waals surface area contributed by atoms with Gasteiger partial charge in [-0.15, -0.1) is 0 Å². The minimum Gasteiger partial charge on any atom is -0.465 e. The maximum absolute atomic E-state index is 11.5. The smallest absolute Gasteiger partial charge is 0.339 e. The number of methoxy groups -OCH3 is 1. The molecule has 1 N–H and O–H groups in total. The molecule has 1 fully saturated rings. The summed E-state index contributed by atoms with van der Waals surface area (Å²) in [7, 11) is 1.35. The molecule has 0 spiro atoms. The lowest BCUT2D eigenvalue weighted by Crippen LogP contribution is -2.21. The van der Waals surface area contributed by atoms with Crippen LogP contribution in [0.15, 0.2) is 18.2 Å². The van der Waals surface area contributed by atoms with Crippen LogP contribution in [0.3, 0.4) is 0 Å². The Labute approximate surface area is 106 Å². The summed E-state index contributed by atoms with van der Waals surface area (Å²) in [5, 5.41) is 3.75. The molecule has 92 valence electrons. The van der Waals surface area contributed by atoms with Gasteiger partial charge in [0.25, 0.3) is 0 Å². The molecule has 0 bridgehead atoms.